The number of hydrogen-bond acceptors (Lipinski definition) is 4. The normalized spacial score (nSPS) is 21.1. The molecule has 0 aromatic heterocycles. The number of carbonyl (C=O) groups excluding carboxylic acids is 2. The van der Waals surface area contributed by atoms with Crippen molar-refractivity contribution in [1.82, 2.24) is 0 Å². The molecule has 3 atom stereocenters. The van der Waals surface area contributed by atoms with Crippen molar-refractivity contribution in [2.24, 2.45) is 11.8 Å². The molecular formula is C24H40O4. The second kappa shape index (κ2) is 13.8. The number of hydrogen-bond donors (Lipinski definition) is 1. The molecule has 0 heterocycles. The lowest BCUT2D eigenvalue weighted by Gasteiger charge is -2.24. The fourth-order valence-corrected chi connectivity index (χ4v) is 4.12. The van der Waals surface area contributed by atoms with Crippen LogP contribution in [0.1, 0.15) is 104 Å². The van der Waals surface area contributed by atoms with Crippen molar-refractivity contribution in [2.75, 3.05) is 6.61 Å². The van der Waals surface area contributed by atoms with Crippen molar-refractivity contribution in [1.29, 1.82) is 0 Å². The van der Waals surface area contributed by atoms with Crippen LogP contribution in [-0.2, 0) is 14.3 Å². The third-order valence-corrected chi connectivity index (χ3v) is 5.97. The maximum absolute atomic E-state index is 12.3. The summed E-state index contributed by atoms with van der Waals surface area (Å²) in [4.78, 5) is 24.2. The van der Waals surface area contributed by atoms with Crippen molar-refractivity contribution in [3.8, 4) is 11.8 Å². The van der Waals surface area contributed by atoms with Crippen LogP contribution >= 0.6 is 0 Å². The molecule has 160 valence electrons. The molecule has 1 unspecified atom stereocenters. The number of ether oxygens (including phenoxy) is 1. The van der Waals surface area contributed by atoms with Crippen molar-refractivity contribution in [3.63, 3.8) is 0 Å². The zero-order chi connectivity index (χ0) is 20.8. The van der Waals surface area contributed by atoms with Gasteiger partial charge in [-0.15, -0.1) is 11.8 Å². The van der Waals surface area contributed by atoms with Crippen LogP contribution < -0.4 is 0 Å². The molecular weight excluding hydrogens is 352 g/mol. The Bertz CT molecular complexity index is 530. The van der Waals surface area contributed by atoms with Gasteiger partial charge in [-0.3, -0.25) is 4.79 Å². The number of esters is 1. The number of ketones is 1. The highest BCUT2D eigenvalue weighted by molar-refractivity contribution is 5.83. The fraction of sp³-hybridized carbons (Fsp3) is 0.833. The first kappa shape index (κ1) is 24.7. The minimum atomic E-state index is -1.36. The van der Waals surface area contributed by atoms with E-state index in [-0.39, 0.29) is 12.5 Å². The summed E-state index contributed by atoms with van der Waals surface area (Å²) in [6.07, 6.45) is 11.4. The standard InChI is InChI=1S/C24H40O4/c1-4-7-8-9-10-12-15-20-17-18-22(25)21(20)16-13-11-14-19-24(27,5-2)23(26)28-6-3/h20-21,27H,4-7,10-19H2,1-3H3/t20-,21+,24?/m0/s1. The molecule has 0 spiro atoms. The zero-order valence-corrected chi connectivity index (χ0v) is 18.2. The molecule has 4 nitrogen and oxygen atoms in total. The van der Waals surface area contributed by atoms with E-state index in [9.17, 15) is 14.7 Å². The Labute approximate surface area is 171 Å². The molecule has 0 saturated heterocycles. The smallest absolute Gasteiger partial charge is 0.338 e. The number of unbranched alkanes of at least 4 members (excludes halogenated alkanes) is 4. The summed E-state index contributed by atoms with van der Waals surface area (Å²) < 4.78 is 4.99. The second-order valence-corrected chi connectivity index (χ2v) is 8.07. The van der Waals surface area contributed by atoms with Gasteiger partial charge in [0.25, 0.3) is 0 Å². The van der Waals surface area contributed by atoms with Gasteiger partial charge in [0.2, 0.25) is 0 Å². The molecule has 0 aromatic rings. The van der Waals surface area contributed by atoms with Gasteiger partial charge in [-0.1, -0.05) is 26.7 Å². The summed E-state index contributed by atoms with van der Waals surface area (Å²) in [6, 6.07) is 0. The zero-order valence-electron chi connectivity index (χ0n) is 18.2. The van der Waals surface area contributed by atoms with E-state index in [1.54, 1.807) is 6.92 Å². The third kappa shape index (κ3) is 8.35. The highest BCUT2D eigenvalue weighted by Crippen LogP contribution is 2.36. The largest absolute Gasteiger partial charge is 0.464 e. The highest BCUT2D eigenvalue weighted by Gasteiger charge is 2.35. The van der Waals surface area contributed by atoms with E-state index in [1.165, 1.54) is 0 Å². The van der Waals surface area contributed by atoms with E-state index in [2.05, 4.69) is 18.8 Å². The minimum absolute atomic E-state index is 0.207. The monoisotopic (exact) mass is 392 g/mol. The van der Waals surface area contributed by atoms with Crippen LogP contribution in [0.3, 0.4) is 0 Å². The Kier molecular flexibility index (Phi) is 12.1. The maximum atomic E-state index is 12.3. The predicted octanol–water partition coefficient (Wildman–Crippen LogP) is 5.21. The minimum Gasteiger partial charge on any atom is -0.464 e. The van der Waals surface area contributed by atoms with E-state index in [0.717, 1.165) is 70.6 Å². The van der Waals surface area contributed by atoms with Gasteiger partial charge < -0.3 is 9.84 Å². The summed E-state index contributed by atoms with van der Waals surface area (Å²) in [6.45, 7) is 5.99. The molecule has 0 amide bonds. The van der Waals surface area contributed by atoms with Crippen molar-refractivity contribution in [2.45, 2.75) is 110 Å². The molecule has 0 radical (unpaired) electrons. The van der Waals surface area contributed by atoms with E-state index in [0.29, 0.717) is 24.5 Å². The molecule has 1 aliphatic rings. The van der Waals surface area contributed by atoms with Gasteiger partial charge in [-0.2, -0.15) is 0 Å². The molecule has 0 aliphatic heterocycles. The second-order valence-electron chi connectivity index (χ2n) is 8.07. The van der Waals surface area contributed by atoms with E-state index >= 15 is 0 Å². The van der Waals surface area contributed by atoms with Gasteiger partial charge in [0, 0.05) is 25.2 Å². The van der Waals surface area contributed by atoms with Crippen LogP contribution in [0.15, 0.2) is 0 Å². The molecule has 1 fully saturated rings. The van der Waals surface area contributed by atoms with Crippen LogP contribution in [0.5, 0.6) is 0 Å². The lowest BCUT2D eigenvalue weighted by Crippen LogP contribution is -2.39. The predicted molar refractivity (Wildman–Crippen MR) is 113 cm³/mol. The topological polar surface area (TPSA) is 63.6 Å². The van der Waals surface area contributed by atoms with Gasteiger partial charge in [-0.05, 0) is 64.2 Å². The molecule has 1 N–H and O–H groups in total. The Morgan fingerprint density at radius 3 is 2.54 bits per heavy atom. The lowest BCUT2D eigenvalue weighted by atomic mass is 9.86. The molecule has 0 bridgehead atoms. The summed E-state index contributed by atoms with van der Waals surface area (Å²) in [5.41, 5.74) is -1.36. The maximum Gasteiger partial charge on any atom is 0.338 e. The molecule has 1 aliphatic carbocycles. The summed E-state index contributed by atoms with van der Waals surface area (Å²) in [7, 11) is 0. The number of aliphatic hydroxyl groups is 1. The van der Waals surface area contributed by atoms with Crippen LogP contribution in [0.4, 0.5) is 0 Å². The summed E-state index contributed by atoms with van der Waals surface area (Å²) in [5, 5.41) is 10.4. The fourth-order valence-electron chi connectivity index (χ4n) is 4.12. The molecule has 4 heteroatoms. The van der Waals surface area contributed by atoms with Crippen LogP contribution in [-0.4, -0.2) is 29.1 Å². The van der Waals surface area contributed by atoms with Gasteiger partial charge in [0.15, 0.2) is 5.60 Å². The number of carbonyl (C=O) groups is 2. The van der Waals surface area contributed by atoms with Crippen LogP contribution in [0.25, 0.3) is 0 Å². The highest BCUT2D eigenvalue weighted by atomic mass is 16.5. The Morgan fingerprint density at radius 2 is 1.86 bits per heavy atom. The molecule has 28 heavy (non-hydrogen) atoms. The molecule has 1 rings (SSSR count). The summed E-state index contributed by atoms with van der Waals surface area (Å²) in [5.74, 6) is 7.08. The SMILES string of the molecule is CCCC#CCCC[C@H]1CCC(=O)[C@@H]1CCCCCC(O)(CC)C(=O)OCC. The van der Waals surface area contributed by atoms with Crippen molar-refractivity contribution < 1.29 is 19.4 Å². The van der Waals surface area contributed by atoms with Gasteiger partial charge >= 0.3 is 5.97 Å². The quantitative estimate of drug-likeness (QED) is 0.265. The first-order chi connectivity index (χ1) is 13.5. The average molecular weight is 393 g/mol. The Hall–Kier alpha value is -1.34. The van der Waals surface area contributed by atoms with E-state index in [4.69, 9.17) is 4.74 Å². The number of rotatable bonds is 13. The van der Waals surface area contributed by atoms with Crippen LogP contribution in [0, 0.1) is 23.7 Å². The molecule has 1 saturated carbocycles. The first-order valence-electron chi connectivity index (χ1n) is 11.4. The molecule has 0 aromatic carbocycles. The Balaban J connectivity index is 2.31. The first-order valence-corrected chi connectivity index (χ1v) is 11.4. The lowest BCUT2D eigenvalue weighted by molar-refractivity contribution is -0.166. The summed E-state index contributed by atoms with van der Waals surface area (Å²) >= 11 is 0. The number of Topliss-reactive ketones (excluding diaryl/α,β-unsaturated/α-hetero) is 1. The third-order valence-electron chi connectivity index (χ3n) is 5.97. The average Bonchev–Trinajstić information content (AvgIpc) is 3.04. The van der Waals surface area contributed by atoms with Crippen molar-refractivity contribution in [3.05, 3.63) is 0 Å². The van der Waals surface area contributed by atoms with Crippen LogP contribution in [0.2, 0.25) is 0 Å². The van der Waals surface area contributed by atoms with E-state index < -0.39 is 11.6 Å². The van der Waals surface area contributed by atoms with Crippen molar-refractivity contribution >= 4 is 11.8 Å². The van der Waals surface area contributed by atoms with Gasteiger partial charge in [0.05, 0.1) is 6.61 Å². The van der Waals surface area contributed by atoms with Gasteiger partial charge in [-0.25, -0.2) is 4.79 Å². The van der Waals surface area contributed by atoms with Gasteiger partial charge in [0.1, 0.15) is 5.78 Å². The Morgan fingerprint density at radius 1 is 1.11 bits per heavy atom. The van der Waals surface area contributed by atoms with E-state index in [1.807, 2.05) is 6.92 Å².